The monoisotopic (exact) mass is 332 g/mol. The van der Waals surface area contributed by atoms with Gasteiger partial charge in [-0.15, -0.1) is 5.10 Å². The molecule has 1 heterocycles. The quantitative estimate of drug-likeness (QED) is 0.820. The number of carboxylic acid groups (broad SMARTS) is 1. The molecule has 0 spiro atoms. The molecule has 1 unspecified atom stereocenters. The van der Waals surface area contributed by atoms with E-state index in [1.54, 1.807) is 6.92 Å². The number of carboxylic acids is 1. The second kappa shape index (κ2) is 6.79. The molecule has 128 valence electrons. The summed E-state index contributed by atoms with van der Waals surface area (Å²) in [5.41, 5.74) is 0.859. The third-order valence-electron chi connectivity index (χ3n) is 3.65. The Balaban J connectivity index is 2.30. The van der Waals surface area contributed by atoms with Gasteiger partial charge in [0.05, 0.1) is 18.0 Å². The van der Waals surface area contributed by atoms with Gasteiger partial charge in [-0.05, 0) is 38.5 Å². The molecule has 0 aliphatic heterocycles. The van der Waals surface area contributed by atoms with E-state index in [1.807, 2.05) is 31.2 Å². The molecule has 0 saturated heterocycles. The number of nitrogens with one attached hydrogen (secondary N) is 1. The van der Waals surface area contributed by atoms with E-state index in [4.69, 9.17) is 4.74 Å². The molecule has 1 amide bonds. The minimum atomic E-state index is -1.55. The maximum Gasteiger partial charge on any atom is 0.331 e. The Kier molecular flexibility index (Phi) is 4.99. The van der Waals surface area contributed by atoms with Crippen LogP contribution in [0.15, 0.2) is 24.3 Å². The molecule has 2 aromatic rings. The van der Waals surface area contributed by atoms with E-state index in [2.05, 4.69) is 15.6 Å². The predicted molar refractivity (Wildman–Crippen MR) is 86.2 cm³/mol. The molecule has 1 aromatic heterocycles. The molecule has 0 aliphatic rings. The summed E-state index contributed by atoms with van der Waals surface area (Å²) in [5.74, 6) is -1.81. The van der Waals surface area contributed by atoms with E-state index < -0.39 is 17.4 Å². The summed E-state index contributed by atoms with van der Waals surface area (Å²) in [4.78, 5) is 23.8. The van der Waals surface area contributed by atoms with E-state index in [-0.39, 0.29) is 12.3 Å². The van der Waals surface area contributed by atoms with Crippen LogP contribution in [0.3, 0.4) is 0 Å². The van der Waals surface area contributed by atoms with Crippen molar-refractivity contribution in [3.8, 4) is 5.69 Å². The number of benzene rings is 1. The fourth-order valence-electron chi connectivity index (χ4n) is 2.29. The molecule has 24 heavy (non-hydrogen) atoms. The van der Waals surface area contributed by atoms with Crippen LogP contribution in [-0.2, 0) is 9.53 Å². The van der Waals surface area contributed by atoms with Gasteiger partial charge in [-0.2, -0.15) is 0 Å². The number of carbonyl (C=O) groups excluding carboxylic acids is 1. The van der Waals surface area contributed by atoms with Crippen molar-refractivity contribution < 1.29 is 19.4 Å². The van der Waals surface area contributed by atoms with Gasteiger partial charge in [0, 0.05) is 7.11 Å². The van der Waals surface area contributed by atoms with Crippen LogP contribution in [0.5, 0.6) is 0 Å². The number of nitrogens with zero attached hydrogens (tertiary/aromatic N) is 3. The maximum absolute atomic E-state index is 12.4. The Bertz CT molecular complexity index is 771. The highest BCUT2D eigenvalue weighted by molar-refractivity contribution is 5.97. The fraction of sp³-hybridized carbons (Fsp3) is 0.375. The van der Waals surface area contributed by atoms with Gasteiger partial charge in [0.1, 0.15) is 0 Å². The zero-order valence-corrected chi connectivity index (χ0v) is 14.0. The van der Waals surface area contributed by atoms with Crippen molar-refractivity contribution in [2.45, 2.75) is 26.3 Å². The second-order valence-electron chi connectivity index (χ2n) is 5.80. The van der Waals surface area contributed by atoms with E-state index in [0.717, 1.165) is 11.3 Å². The van der Waals surface area contributed by atoms with Crippen LogP contribution in [0.1, 0.15) is 28.7 Å². The lowest BCUT2D eigenvalue weighted by Crippen LogP contribution is -2.55. The number of hydrogen-bond donors (Lipinski definition) is 2. The molecule has 2 N–H and O–H groups in total. The van der Waals surface area contributed by atoms with Gasteiger partial charge in [0.25, 0.3) is 5.91 Å². The van der Waals surface area contributed by atoms with Gasteiger partial charge >= 0.3 is 5.97 Å². The Hall–Kier alpha value is -2.74. The lowest BCUT2D eigenvalue weighted by Gasteiger charge is -2.24. The first-order valence-corrected chi connectivity index (χ1v) is 7.32. The minimum absolute atomic E-state index is 0.0695. The third kappa shape index (κ3) is 3.43. The number of aromatic nitrogens is 3. The van der Waals surface area contributed by atoms with Crippen LogP contribution in [0.25, 0.3) is 5.69 Å². The van der Waals surface area contributed by atoms with E-state index in [9.17, 15) is 14.7 Å². The van der Waals surface area contributed by atoms with E-state index >= 15 is 0 Å². The smallest absolute Gasteiger partial charge is 0.331 e. The molecule has 0 radical (unpaired) electrons. The van der Waals surface area contributed by atoms with Gasteiger partial charge in [-0.1, -0.05) is 17.3 Å². The van der Waals surface area contributed by atoms with Gasteiger partial charge in [0.2, 0.25) is 0 Å². The Morgan fingerprint density at radius 1 is 1.38 bits per heavy atom. The Morgan fingerprint density at radius 2 is 2.08 bits per heavy atom. The normalized spacial score (nSPS) is 13.3. The summed E-state index contributed by atoms with van der Waals surface area (Å²) in [5, 5.41) is 19.6. The molecule has 8 heteroatoms. The van der Waals surface area contributed by atoms with Crippen LogP contribution in [0.4, 0.5) is 0 Å². The van der Waals surface area contributed by atoms with Crippen LogP contribution in [0.2, 0.25) is 0 Å². The molecular formula is C16H20N4O4. The van der Waals surface area contributed by atoms with Crippen LogP contribution in [-0.4, -0.2) is 51.2 Å². The highest BCUT2D eigenvalue weighted by Gasteiger charge is 2.36. The van der Waals surface area contributed by atoms with Crippen molar-refractivity contribution in [3.63, 3.8) is 0 Å². The lowest BCUT2D eigenvalue weighted by molar-refractivity contribution is -0.145. The maximum atomic E-state index is 12.4. The number of hydrogen-bond acceptors (Lipinski definition) is 5. The predicted octanol–water partition coefficient (Wildman–Crippen LogP) is 1.10. The average molecular weight is 332 g/mol. The fourth-order valence-corrected chi connectivity index (χ4v) is 2.29. The van der Waals surface area contributed by atoms with Crippen molar-refractivity contribution in [1.29, 1.82) is 0 Å². The number of aliphatic carboxylic acids is 1. The summed E-state index contributed by atoms with van der Waals surface area (Å²) in [6.45, 7) is 4.86. The molecular weight excluding hydrogens is 312 g/mol. The van der Waals surface area contributed by atoms with Gasteiger partial charge in [0.15, 0.2) is 11.2 Å². The largest absolute Gasteiger partial charge is 0.479 e. The second-order valence-corrected chi connectivity index (χ2v) is 5.80. The van der Waals surface area contributed by atoms with Crippen molar-refractivity contribution in [1.82, 2.24) is 20.3 Å². The number of carbonyl (C=O) groups is 2. The van der Waals surface area contributed by atoms with Crippen LogP contribution >= 0.6 is 0 Å². The Labute approximate surface area is 139 Å². The molecule has 8 nitrogen and oxygen atoms in total. The molecule has 0 saturated carbocycles. The number of aryl methyl sites for hydroxylation is 1. The SMILES string of the molecule is COCC(C)(NC(=O)c1nnn(-c2cccc(C)c2)c1C)C(=O)O. The third-order valence-corrected chi connectivity index (χ3v) is 3.65. The minimum Gasteiger partial charge on any atom is -0.479 e. The number of ether oxygens (including phenoxy) is 1. The topological polar surface area (TPSA) is 106 Å². The zero-order chi connectivity index (χ0) is 17.9. The number of methoxy groups -OCH3 is 1. The number of amides is 1. The first kappa shape index (κ1) is 17.6. The molecule has 0 bridgehead atoms. The molecule has 0 aliphatic carbocycles. The van der Waals surface area contributed by atoms with Gasteiger partial charge in [-0.3, -0.25) is 4.79 Å². The molecule has 1 aromatic carbocycles. The van der Waals surface area contributed by atoms with Crippen molar-refractivity contribution in [2.75, 3.05) is 13.7 Å². The van der Waals surface area contributed by atoms with Crippen LogP contribution < -0.4 is 5.32 Å². The first-order chi connectivity index (χ1) is 11.3. The van der Waals surface area contributed by atoms with E-state index in [1.165, 1.54) is 18.7 Å². The zero-order valence-electron chi connectivity index (χ0n) is 14.0. The summed E-state index contributed by atoms with van der Waals surface area (Å²) >= 11 is 0. The lowest BCUT2D eigenvalue weighted by atomic mass is 10.0. The Morgan fingerprint density at radius 3 is 2.67 bits per heavy atom. The van der Waals surface area contributed by atoms with Crippen molar-refractivity contribution >= 4 is 11.9 Å². The average Bonchev–Trinajstić information content (AvgIpc) is 2.89. The highest BCUT2D eigenvalue weighted by atomic mass is 16.5. The summed E-state index contributed by atoms with van der Waals surface area (Å²) in [7, 11) is 1.37. The van der Waals surface area contributed by atoms with E-state index in [0.29, 0.717) is 5.69 Å². The van der Waals surface area contributed by atoms with Crippen LogP contribution in [0, 0.1) is 13.8 Å². The summed E-state index contributed by atoms with van der Waals surface area (Å²) in [6, 6.07) is 7.59. The molecule has 0 fully saturated rings. The first-order valence-electron chi connectivity index (χ1n) is 7.32. The number of rotatable bonds is 6. The summed E-state index contributed by atoms with van der Waals surface area (Å²) in [6.07, 6.45) is 0. The van der Waals surface area contributed by atoms with Gasteiger partial charge in [-0.25, -0.2) is 9.48 Å². The summed E-state index contributed by atoms with van der Waals surface area (Å²) < 4.78 is 6.42. The highest BCUT2D eigenvalue weighted by Crippen LogP contribution is 2.15. The molecule has 2 rings (SSSR count). The van der Waals surface area contributed by atoms with Crippen molar-refractivity contribution in [3.05, 3.63) is 41.2 Å². The van der Waals surface area contributed by atoms with Crippen molar-refractivity contribution in [2.24, 2.45) is 0 Å². The molecule has 1 atom stereocenters. The standard InChI is InChI=1S/C16H20N4O4/c1-10-6-5-7-12(8-10)20-11(2)13(18-19-20)14(21)17-16(3,9-24-4)15(22)23/h5-8H,9H2,1-4H3,(H,17,21)(H,22,23). The van der Waals surface area contributed by atoms with Gasteiger partial charge < -0.3 is 15.2 Å².